The van der Waals surface area contributed by atoms with E-state index in [0.29, 0.717) is 30.3 Å². The van der Waals surface area contributed by atoms with Crippen LogP contribution < -0.4 is 15.2 Å². The molecule has 0 radical (unpaired) electrons. The third kappa shape index (κ3) is 4.99. The second-order valence-corrected chi connectivity index (χ2v) is 6.67. The van der Waals surface area contributed by atoms with Gasteiger partial charge >= 0.3 is 0 Å². The van der Waals surface area contributed by atoms with Gasteiger partial charge in [0, 0.05) is 0 Å². The van der Waals surface area contributed by atoms with E-state index in [-0.39, 0.29) is 5.57 Å². The Kier molecular flexibility index (Phi) is 7.04. The molecule has 2 rings (SSSR count). The fourth-order valence-corrected chi connectivity index (χ4v) is 3.10. The zero-order valence-corrected chi connectivity index (χ0v) is 16.7. The summed E-state index contributed by atoms with van der Waals surface area (Å²) < 4.78 is 12.5. The smallest absolute Gasteiger partial charge is 0.259 e. The summed E-state index contributed by atoms with van der Waals surface area (Å²) >= 11 is 2.15. The van der Waals surface area contributed by atoms with E-state index in [1.54, 1.807) is 12.1 Å². The Morgan fingerprint density at radius 3 is 2.65 bits per heavy atom. The average Bonchev–Trinajstić information content (AvgIpc) is 2.60. The molecule has 0 spiro atoms. The van der Waals surface area contributed by atoms with Gasteiger partial charge in [0.15, 0.2) is 11.5 Å². The number of halogens is 1. The molecule has 0 aliphatic heterocycles. The molecule has 134 valence electrons. The predicted molar refractivity (Wildman–Crippen MR) is 109 cm³/mol. The summed E-state index contributed by atoms with van der Waals surface area (Å²) in [7, 11) is 0. The van der Waals surface area contributed by atoms with Crippen LogP contribution in [0.15, 0.2) is 42.0 Å². The summed E-state index contributed by atoms with van der Waals surface area (Å²) in [5.74, 6) is 0.423. The number of hydrogen-bond donors (Lipinski definition) is 1. The van der Waals surface area contributed by atoms with Crippen molar-refractivity contribution in [3.8, 4) is 17.6 Å². The molecule has 0 fully saturated rings. The number of hydrogen-bond acceptors (Lipinski definition) is 4. The molecule has 0 atom stereocenters. The molecule has 0 saturated carbocycles. The molecule has 6 heteroatoms. The summed E-state index contributed by atoms with van der Waals surface area (Å²) in [4.78, 5) is 11.3. The number of benzene rings is 2. The van der Waals surface area contributed by atoms with Crippen LogP contribution in [0.3, 0.4) is 0 Å². The standard InChI is InChI=1S/C20H19IN2O3/c1-3-25-18-10-14(8-16(11-22)20(23)24)9-17(21)19(18)26-12-15-7-5-4-6-13(15)2/h4-10H,3,12H2,1-2H3,(H2,23,24)/b16-8-. The molecule has 2 aromatic rings. The minimum absolute atomic E-state index is 0.114. The van der Waals surface area contributed by atoms with Gasteiger partial charge in [-0.15, -0.1) is 0 Å². The van der Waals surface area contributed by atoms with Crippen LogP contribution in [-0.4, -0.2) is 12.5 Å². The lowest BCUT2D eigenvalue weighted by atomic mass is 10.1. The van der Waals surface area contributed by atoms with Crippen molar-refractivity contribution in [2.24, 2.45) is 5.73 Å². The van der Waals surface area contributed by atoms with Gasteiger partial charge in [0.25, 0.3) is 5.91 Å². The topological polar surface area (TPSA) is 85.3 Å². The predicted octanol–water partition coefficient (Wildman–Crippen LogP) is 3.97. The number of carbonyl (C=O) groups is 1. The van der Waals surface area contributed by atoms with Crippen LogP contribution in [0.4, 0.5) is 0 Å². The highest BCUT2D eigenvalue weighted by Crippen LogP contribution is 2.35. The van der Waals surface area contributed by atoms with E-state index < -0.39 is 5.91 Å². The summed E-state index contributed by atoms with van der Waals surface area (Å²) in [5, 5.41) is 9.01. The van der Waals surface area contributed by atoms with Crippen molar-refractivity contribution in [2.45, 2.75) is 20.5 Å². The lowest BCUT2D eigenvalue weighted by molar-refractivity contribution is -0.114. The lowest BCUT2D eigenvalue weighted by Crippen LogP contribution is -2.12. The number of rotatable bonds is 7. The molecule has 0 aromatic heterocycles. The Morgan fingerprint density at radius 2 is 2.04 bits per heavy atom. The Morgan fingerprint density at radius 1 is 1.31 bits per heavy atom. The molecule has 1 amide bonds. The number of primary amides is 1. The van der Waals surface area contributed by atoms with Crippen LogP contribution in [0.25, 0.3) is 6.08 Å². The molecule has 0 bridgehead atoms. The maximum absolute atomic E-state index is 11.3. The van der Waals surface area contributed by atoms with Crippen LogP contribution in [0.2, 0.25) is 0 Å². The number of nitrogens with two attached hydrogens (primary N) is 1. The second kappa shape index (κ2) is 9.25. The van der Waals surface area contributed by atoms with Crippen LogP contribution >= 0.6 is 22.6 Å². The van der Waals surface area contributed by atoms with Crippen LogP contribution in [0, 0.1) is 21.8 Å². The van der Waals surface area contributed by atoms with Gasteiger partial charge in [-0.05, 0) is 71.3 Å². The maximum atomic E-state index is 11.3. The maximum Gasteiger partial charge on any atom is 0.259 e. The Labute approximate surface area is 166 Å². The molecule has 0 heterocycles. The van der Waals surface area contributed by atoms with Crippen molar-refractivity contribution in [3.63, 3.8) is 0 Å². The van der Waals surface area contributed by atoms with Crippen LogP contribution in [0.1, 0.15) is 23.6 Å². The normalized spacial score (nSPS) is 10.9. The van der Waals surface area contributed by atoms with Crippen molar-refractivity contribution >= 4 is 34.6 Å². The second-order valence-electron chi connectivity index (χ2n) is 5.51. The third-order valence-electron chi connectivity index (χ3n) is 3.66. The summed E-state index contributed by atoms with van der Waals surface area (Å²) in [5.41, 5.74) is 7.98. The quantitative estimate of drug-likeness (QED) is 0.384. The minimum Gasteiger partial charge on any atom is -0.490 e. The number of nitrogens with zero attached hydrogens (tertiary/aromatic N) is 1. The van der Waals surface area contributed by atoms with E-state index in [0.717, 1.165) is 14.7 Å². The first kappa shape index (κ1) is 19.8. The zero-order chi connectivity index (χ0) is 19.1. The molecular weight excluding hydrogens is 443 g/mol. The number of ether oxygens (including phenoxy) is 2. The van der Waals surface area contributed by atoms with Crippen molar-refractivity contribution in [3.05, 3.63) is 62.2 Å². The van der Waals surface area contributed by atoms with E-state index >= 15 is 0 Å². The van der Waals surface area contributed by atoms with Crippen LogP contribution in [0.5, 0.6) is 11.5 Å². The monoisotopic (exact) mass is 462 g/mol. The molecular formula is C20H19IN2O3. The fourth-order valence-electron chi connectivity index (χ4n) is 2.32. The molecule has 0 unspecified atom stereocenters. The molecule has 0 saturated heterocycles. The van der Waals surface area contributed by atoms with Gasteiger partial charge in [-0.3, -0.25) is 4.79 Å². The van der Waals surface area contributed by atoms with Crippen molar-refractivity contribution in [1.82, 2.24) is 0 Å². The van der Waals surface area contributed by atoms with E-state index in [9.17, 15) is 4.79 Å². The van der Waals surface area contributed by atoms with Gasteiger partial charge < -0.3 is 15.2 Å². The number of amides is 1. The summed E-state index contributed by atoms with van der Waals surface area (Å²) in [6.45, 7) is 4.80. The Balaban J connectivity index is 2.36. The Bertz CT molecular complexity index is 885. The Hall–Kier alpha value is -2.53. The number of aryl methyl sites for hydroxylation is 1. The van der Waals surface area contributed by atoms with Gasteiger partial charge in [0.1, 0.15) is 18.2 Å². The van der Waals surface area contributed by atoms with E-state index in [2.05, 4.69) is 22.6 Å². The third-order valence-corrected chi connectivity index (χ3v) is 4.46. The molecule has 0 aliphatic carbocycles. The first-order valence-electron chi connectivity index (χ1n) is 8.01. The number of carbonyl (C=O) groups excluding carboxylic acids is 1. The average molecular weight is 462 g/mol. The summed E-state index contributed by atoms with van der Waals surface area (Å²) in [6, 6.07) is 13.4. The van der Waals surface area contributed by atoms with E-state index in [1.807, 2.05) is 44.2 Å². The van der Waals surface area contributed by atoms with E-state index in [4.69, 9.17) is 20.5 Å². The first-order chi connectivity index (χ1) is 12.5. The van der Waals surface area contributed by atoms with Gasteiger partial charge in [-0.2, -0.15) is 5.26 Å². The first-order valence-corrected chi connectivity index (χ1v) is 9.09. The van der Waals surface area contributed by atoms with Crippen molar-refractivity contribution in [1.29, 1.82) is 5.26 Å². The van der Waals surface area contributed by atoms with Crippen molar-refractivity contribution in [2.75, 3.05) is 6.61 Å². The highest BCUT2D eigenvalue weighted by Gasteiger charge is 2.13. The van der Waals surface area contributed by atoms with E-state index in [1.165, 1.54) is 6.08 Å². The largest absolute Gasteiger partial charge is 0.490 e. The van der Waals surface area contributed by atoms with Gasteiger partial charge in [-0.25, -0.2) is 0 Å². The van der Waals surface area contributed by atoms with Crippen molar-refractivity contribution < 1.29 is 14.3 Å². The molecule has 2 N–H and O–H groups in total. The SMILES string of the molecule is CCOc1cc(/C=C(/C#N)C(N)=O)cc(I)c1OCc1ccccc1C. The number of nitriles is 1. The molecule has 26 heavy (non-hydrogen) atoms. The highest BCUT2D eigenvalue weighted by atomic mass is 127. The zero-order valence-electron chi connectivity index (χ0n) is 14.6. The molecule has 0 aliphatic rings. The summed E-state index contributed by atoms with van der Waals surface area (Å²) in [6.07, 6.45) is 1.44. The van der Waals surface area contributed by atoms with Gasteiger partial charge in [0.05, 0.1) is 10.2 Å². The fraction of sp³-hybridized carbons (Fsp3) is 0.200. The van der Waals surface area contributed by atoms with Crippen LogP contribution in [-0.2, 0) is 11.4 Å². The molecule has 2 aromatic carbocycles. The highest BCUT2D eigenvalue weighted by molar-refractivity contribution is 14.1. The van der Waals surface area contributed by atoms with Gasteiger partial charge in [-0.1, -0.05) is 24.3 Å². The minimum atomic E-state index is -0.764. The molecule has 5 nitrogen and oxygen atoms in total. The lowest BCUT2D eigenvalue weighted by Gasteiger charge is -2.15. The van der Waals surface area contributed by atoms with Gasteiger partial charge in [0.2, 0.25) is 0 Å².